The molecule has 0 amide bonds. The summed E-state index contributed by atoms with van der Waals surface area (Å²) in [4.78, 5) is -1.23. The zero-order valence-corrected chi connectivity index (χ0v) is 11.3. The van der Waals surface area contributed by atoms with Crippen molar-refractivity contribution in [1.29, 1.82) is 0 Å². The summed E-state index contributed by atoms with van der Waals surface area (Å²) in [6.07, 6.45) is 0. The average molecular weight is 318 g/mol. The van der Waals surface area contributed by atoms with E-state index in [-0.39, 0.29) is 17.3 Å². The van der Waals surface area contributed by atoms with Crippen LogP contribution in [0, 0.1) is 5.82 Å². The molecule has 0 aromatic heterocycles. The molecule has 0 spiro atoms. The van der Waals surface area contributed by atoms with Gasteiger partial charge in [-0.2, -0.15) is 13.2 Å². The van der Waals surface area contributed by atoms with Gasteiger partial charge in [0, 0.05) is 17.8 Å². The predicted molar refractivity (Wildman–Crippen MR) is 62.2 cm³/mol. The monoisotopic (exact) mass is 318 g/mol. The van der Waals surface area contributed by atoms with Gasteiger partial charge in [-0.05, 0) is 18.2 Å². The van der Waals surface area contributed by atoms with Gasteiger partial charge >= 0.3 is 5.51 Å². The van der Waals surface area contributed by atoms with Gasteiger partial charge in [0.05, 0.1) is 11.5 Å². The summed E-state index contributed by atoms with van der Waals surface area (Å²) in [7, 11) is -4.17. The number of halogens is 4. The fraction of sp³-hybridized carbons (Fsp3) is 0.400. The van der Waals surface area contributed by atoms with Gasteiger partial charge in [-0.3, -0.25) is 0 Å². The highest BCUT2D eigenvalue weighted by Gasteiger charge is 2.48. The van der Waals surface area contributed by atoms with Crippen molar-refractivity contribution in [3.8, 4) is 0 Å². The molecule has 0 unspecified atom stereocenters. The first kappa shape index (κ1) is 16.3. The highest BCUT2D eigenvalue weighted by molar-refractivity contribution is 8.00. The summed E-state index contributed by atoms with van der Waals surface area (Å²) < 4.78 is 77.8. The summed E-state index contributed by atoms with van der Waals surface area (Å²) in [6.45, 7) is 0.230. The first-order valence-corrected chi connectivity index (χ1v) is 7.39. The molecule has 108 valence electrons. The van der Waals surface area contributed by atoms with Crippen LogP contribution in [0.3, 0.4) is 0 Å². The third kappa shape index (κ3) is 3.83. The maximum absolute atomic E-state index is 13.0. The number of benzene rings is 1. The molecule has 0 atom stereocenters. The molecule has 0 aliphatic heterocycles. The van der Waals surface area contributed by atoms with Crippen molar-refractivity contribution in [2.24, 2.45) is 0 Å². The zero-order chi connectivity index (χ0) is 14.7. The molecule has 0 N–H and O–H groups in total. The molecule has 1 aromatic rings. The number of ether oxygens (including phenoxy) is 1. The van der Waals surface area contributed by atoms with Crippen LogP contribution >= 0.6 is 11.8 Å². The number of hydrogen-bond acceptors (Lipinski definition) is 4. The lowest BCUT2D eigenvalue weighted by atomic mass is 10.3. The Hall–Kier alpha value is -0.800. The first-order chi connectivity index (χ1) is 8.70. The Morgan fingerprint density at radius 2 is 1.95 bits per heavy atom. The Morgan fingerprint density at radius 1 is 1.32 bits per heavy atom. The molecular formula is C10H10F4O3S2. The molecule has 1 rings (SSSR count). The molecule has 19 heavy (non-hydrogen) atoms. The Kier molecular flexibility index (Phi) is 5.22. The van der Waals surface area contributed by atoms with E-state index >= 15 is 0 Å². The van der Waals surface area contributed by atoms with E-state index in [1.54, 1.807) is 0 Å². The van der Waals surface area contributed by atoms with E-state index in [1.807, 2.05) is 0 Å². The minimum Gasteiger partial charge on any atom is -0.384 e. The van der Waals surface area contributed by atoms with Crippen LogP contribution in [0.5, 0.6) is 0 Å². The lowest BCUT2D eigenvalue weighted by Gasteiger charge is -2.12. The van der Waals surface area contributed by atoms with Gasteiger partial charge in [-0.15, -0.1) is 11.8 Å². The van der Waals surface area contributed by atoms with Crippen LogP contribution in [0.15, 0.2) is 28.0 Å². The molecule has 0 fully saturated rings. The maximum Gasteiger partial charge on any atom is 0.501 e. The highest BCUT2D eigenvalue weighted by Crippen LogP contribution is 2.36. The van der Waals surface area contributed by atoms with E-state index in [0.29, 0.717) is 6.07 Å². The van der Waals surface area contributed by atoms with Crippen molar-refractivity contribution in [2.45, 2.75) is 15.3 Å². The van der Waals surface area contributed by atoms with Crippen LogP contribution in [-0.4, -0.2) is 33.4 Å². The smallest absolute Gasteiger partial charge is 0.384 e. The molecule has 0 radical (unpaired) electrons. The molecule has 0 aliphatic rings. The number of hydrogen-bond donors (Lipinski definition) is 0. The maximum atomic E-state index is 13.0. The average Bonchev–Trinajstić information content (AvgIpc) is 2.29. The Labute approximate surface area is 111 Å². The molecule has 0 heterocycles. The number of methoxy groups -OCH3 is 1. The molecule has 3 nitrogen and oxygen atoms in total. The van der Waals surface area contributed by atoms with Crippen LogP contribution in [0.2, 0.25) is 0 Å². The minimum absolute atomic E-state index is 0.157. The van der Waals surface area contributed by atoms with E-state index in [0.717, 1.165) is 23.9 Å². The molecule has 1 aromatic carbocycles. The van der Waals surface area contributed by atoms with E-state index in [9.17, 15) is 26.0 Å². The standard InChI is InChI=1S/C10H10F4O3S2/c1-17-4-5-18-8-3-2-7(11)6-9(8)19(15,16)10(12,13)14/h2-3,6H,4-5H2,1H3. The van der Waals surface area contributed by atoms with E-state index in [1.165, 1.54) is 7.11 Å². The zero-order valence-electron chi connectivity index (χ0n) is 9.70. The van der Waals surface area contributed by atoms with Gasteiger partial charge in [0.15, 0.2) is 0 Å². The number of thioether (sulfide) groups is 1. The van der Waals surface area contributed by atoms with Crippen molar-refractivity contribution < 1.29 is 30.7 Å². The molecule has 0 saturated carbocycles. The lowest BCUT2D eigenvalue weighted by Crippen LogP contribution is -2.24. The first-order valence-electron chi connectivity index (χ1n) is 4.93. The second-order valence-electron chi connectivity index (χ2n) is 3.38. The fourth-order valence-electron chi connectivity index (χ4n) is 1.17. The van der Waals surface area contributed by atoms with Crippen molar-refractivity contribution in [1.82, 2.24) is 0 Å². The lowest BCUT2D eigenvalue weighted by molar-refractivity contribution is -0.0437. The van der Waals surface area contributed by atoms with Crippen molar-refractivity contribution in [3.63, 3.8) is 0 Å². The van der Waals surface area contributed by atoms with Gasteiger partial charge in [0.2, 0.25) is 0 Å². The molecular weight excluding hydrogens is 308 g/mol. The minimum atomic E-state index is -5.57. The number of sulfone groups is 1. The Morgan fingerprint density at radius 3 is 2.47 bits per heavy atom. The third-order valence-corrected chi connectivity index (χ3v) is 4.74. The second-order valence-corrected chi connectivity index (χ2v) is 6.43. The Bertz CT molecular complexity index is 540. The van der Waals surface area contributed by atoms with Crippen molar-refractivity contribution in [2.75, 3.05) is 19.5 Å². The van der Waals surface area contributed by atoms with Gasteiger partial charge in [0.1, 0.15) is 5.82 Å². The van der Waals surface area contributed by atoms with Crippen LogP contribution in [-0.2, 0) is 14.6 Å². The largest absolute Gasteiger partial charge is 0.501 e. The normalized spacial score (nSPS) is 12.7. The summed E-state index contributed by atoms with van der Waals surface area (Å²) in [5.41, 5.74) is -5.46. The number of rotatable bonds is 5. The van der Waals surface area contributed by atoms with Crippen molar-refractivity contribution >= 4 is 21.6 Å². The molecule has 9 heteroatoms. The number of alkyl halides is 3. The fourth-order valence-corrected chi connectivity index (χ4v) is 3.36. The topological polar surface area (TPSA) is 43.4 Å². The highest BCUT2D eigenvalue weighted by atomic mass is 32.2. The summed E-state index contributed by atoms with van der Waals surface area (Å²) in [5.74, 6) is -0.790. The Balaban J connectivity index is 3.22. The molecule has 0 bridgehead atoms. The van der Waals surface area contributed by atoms with Gasteiger partial charge in [0.25, 0.3) is 9.84 Å². The van der Waals surface area contributed by atoms with Crippen LogP contribution < -0.4 is 0 Å². The molecule has 0 saturated heterocycles. The second kappa shape index (κ2) is 6.10. The van der Waals surface area contributed by atoms with Crippen LogP contribution in [0.1, 0.15) is 0 Å². The summed E-state index contributed by atoms with van der Waals surface area (Å²) >= 11 is 0.852. The van der Waals surface area contributed by atoms with Crippen LogP contribution in [0.4, 0.5) is 17.6 Å². The van der Waals surface area contributed by atoms with E-state index < -0.39 is 26.1 Å². The van der Waals surface area contributed by atoms with E-state index in [4.69, 9.17) is 4.74 Å². The summed E-state index contributed by atoms with van der Waals surface area (Å²) in [5, 5.41) is 0. The SMILES string of the molecule is COCCSc1ccc(F)cc1S(=O)(=O)C(F)(F)F. The van der Waals surface area contributed by atoms with Crippen molar-refractivity contribution in [3.05, 3.63) is 24.0 Å². The predicted octanol–water partition coefficient (Wildman–Crippen LogP) is 2.86. The van der Waals surface area contributed by atoms with E-state index in [2.05, 4.69) is 0 Å². The van der Waals surface area contributed by atoms with Crippen LogP contribution in [0.25, 0.3) is 0 Å². The quantitative estimate of drug-likeness (QED) is 0.476. The van der Waals surface area contributed by atoms with Gasteiger partial charge < -0.3 is 4.74 Å². The van der Waals surface area contributed by atoms with Gasteiger partial charge in [-0.25, -0.2) is 12.8 Å². The summed E-state index contributed by atoms with van der Waals surface area (Å²) in [6, 6.07) is 2.29. The molecule has 0 aliphatic carbocycles. The van der Waals surface area contributed by atoms with Gasteiger partial charge in [-0.1, -0.05) is 0 Å². The third-order valence-electron chi connectivity index (χ3n) is 2.05.